The smallest absolute Gasteiger partial charge is 0.316 e. The van der Waals surface area contributed by atoms with Crippen molar-refractivity contribution >= 4 is 29.2 Å². The van der Waals surface area contributed by atoms with Crippen molar-refractivity contribution in [1.29, 1.82) is 0 Å². The Bertz CT molecular complexity index is 952. The number of anilines is 1. The normalized spacial score (nSPS) is 14.5. The Morgan fingerprint density at radius 1 is 1.00 bits per heavy atom. The number of carbonyl (C=O) groups is 2. The molecule has 6 nitrogen and oxygen atoms in total. The van der Waals surface area contributed by atoms with Gasteiger partial charge in [0.1, 0.15) is 5.75 Å². The first kappa shape index (κ1) is 19.5. The minimum absolute atomic E-state index is 0.200. The predicted octanol–water partition coefficient (Wildman–Crippen LogP) is 4.15. The van der Waals surface area contributed by atoms with Crippen LogP contribution >= 0.6 is 0 Å². The van der Waals surface area contributed by atoms with Gasteiger partial charge in [-0.25, -0.2) is 0 Å². The summed E-state index contributed by atoms with van der Waals surface area (Å²) < 4.78 is 16.0. The zero-order valence-electron chi connectivity index (χ0n) is 16.6. The first-order valence-electron chi connectivity index (χ1n) is 8.84. The largest absolute Gasteiger partial charge is 0.493 e. The van der Waals surface area contributed by atoms with Crippen LogP contribution in [-0.4, -0.2) is 26.1 Å². The van der Waals surface area contributed by atoms with E-state index in [1.54, 1.807) is 77.5 Å². The van der Waals surface area contributed by atoms with Gasteiger partial charge in [-0.15, -0.1) is 0 Å². The molecular weight excluding hydrogens is 358 g/mol. The van der Waals surface area contributed by atoms with E-state index in [4.69, 9.17) is 14.2 Å². The Hall–Kier alpha value is -3.28. The lowest BCUT2D eigenvalue weighted by Gasteiger charge is -2.16. The molecule has 0 saturated carbocycles. The highest BCUT2D eigenvalue weighted by atomic mass is 16.5. The van der Waals surface area contributed by atoms with Crippen LogP contribution in [0.25, 0.3) is 11.6 Å². The first-order chi connectivity index (χ1) is 13.2. The van der Waals surface area contributed by atoms with Gasteiger partial charge in [-0.05, 0) is 50.6 Å². The summed E-state index contributed by atoms with van der Waals surface area (Å²) in [5.74, 6) is 1.06. The third-order valence-corrected chi connectivity index (χ3v) is 4.32. The zero-order chi connectivity index (χ0) is 20.5. The van der Waals surface area contributed by atoms with Crippen LogP contribution in [0.2, 0.25) is 0 Å². The number of methoxy groups -OCH3 is 2. The van der Waals surface area contributed by atoms with Crippen molar-refractivity contribution < 1.29 is 23.8 Å². The average molecular weight is 381 g/mol. The van der Waals surface area contributed by atoms with E-state index in [0.717, 1.165) is 11.1 Å². The van der Waals surface area contributed by atoms with Crippen molar-refractivity contribution in [3.63, 3.8) is 0 Å². The number of amides is 1. The molecule has 1 heterocycles. The lowest BCUT2D eigenvalue weighted by Crippen LogP contribution is -2.25. The molecule has 0 fully saturated rings. The molecule has 146 valence electrons. The topological polar surface area (TPSA) is 73.9 Å². The monoisotopic (exact) mass is 381 g/mol. The second kappa shape index (κ2) is 7.38. The van der Waals surface area contributed by atoms with Gasteiger partial charge in [0.15, 0.2) is 11.5 Å². The van der Waals surface area contributed by atoms with Crippen molar-refractivity contribution in [3.05, 3.63) is 47.5 Å². The Morgan fingerprint density at radius 3 is 2.18 bits per heavy atom. The fourth-order valence-electron chi connectivity index (χ4n) is 2.72. The molecule has 0 spiro atoms. The highest BCUT2D eigenvalue weighted by molar-refractivity contribution is 6.35. The van der Waals surface area contributed by atoms with Gasteiger partial charge in [0.2, 0.25) is 0 Å². The summed E-state index contributed by atoms with van der Waals surface area (Å²) in [6.07, 6.45) is 1.78. The Morgan fingerprint density at radius 2 is 1.61 bits per heavy atom. The quantitative estimate of drug-likeness (QED) is 0.489. The number of esters is 1. The van der Waals surface area contributed by atoms with Gasteiger partial charge in [-0.2, -0.15) is 0 Å². The number of hydrogen-bond donors (Lipinski definition) is 1. The molecule has 3 rings (SSSR count). The number of benzene rings is 2. The lowest BCUT2D eigenvalue weighted by molar-refractivity contribution is -0.143. The van der Waals surface area contributed by atoms with E-state index in [0.29, 0.717) is 28.5 Å². The maximum atomic E-state index is 12.4. The number of ether oxygens (including phenoxy) is 3. The van der Waals surface area contributed by atoms with Crippen molar-refractivity contribution in [2.75, 3.05) is 19.5 Å². The van der Waals surface area contributed by atoms with E-state index >= 15 is 0 Å². The second-order valence-electron chi connectivity index (χ2n) is 7.47. The van der Waals surface area contributed by atoms with E-state index < -0.39 is 5.41 Å². The Balaban J connectivity index is 1.89. The molecule has 0 aromatic heterocycles. The molecule has 0 aliphatic carbocycles. The molecule has 28 heavy (non-hydrogen) atoms. The van der Waals surface area contributed by atoms with Crippen LogP contribution in [0.5, 0.6) is 17.2 Å². The van der Waals surface area contributed by atoms with E-state index in [1.807, 2.05) is 0 Å². The molecule has 6 heteroatoms. The van der Waals surface area contributed by atoms with Gasteiger partial charge in [-0.1, -0.05) is 12.1 Å². The van der Waals surface area contributed by atoms with Crippen molar-refractivity contribution in [2.45, 2.75) is 20.8 Å². The van der Waals surface area contributed by atoms with Crippen LogP contribution in [0, 0.1) is 5.41 Å². The molecule has 1 amide bonds. The summed E-state index contributed by atoms with van der Waals surface area (Å²) in [7, 11) is 3.10. The van der Waals surface area contributed by atoms with E-state index in [-0.39, 0.29) is 11.9 Å². The van der Waals surface area contributed by atoms with Gasteiger partial charge in [0.05, 0.1) is 25.3 Å². The number of nitrogens with one attached hydrogen (secondary N) is 1. The molecule has 1 aliphatic heterocycles. The fraction of sp³-hybridized carbons (Fsp3) is 0.273. The van der Waals surface area contributed by atoms with Crippen LogP contribution in [0.15, 0.2) is 36.4 Å². The standard InChI is InChI=1S/C22H23NO5/c1-22(2,3)21(25)28-14-8-6-13(7-9-14)10-16-15-11-18(26-4)19(27-5)12-17(15)23-20(16)24/h6-12H,1-5H3,(H,23,24)/b16-10-. The van der Waals surface area contributed by atoms with Crippen LogP contribution in [0.3, 0.4) is 0 Å². The summed E-state index contributed by atoms with van der Waals surface area (Å²) >= 11 is 0. The van der Waals surface area contributed by atoms with Gasteiger partial charge in [0, 0.05) is 17.2 Å². The summed E-state index contributed by atoms with van der Waals surface area (Å²) in [6, 6.07) is 10.5. The molecule has 0 radical (unpaired) electrons. The molecule has 2 aromatic carbocycles. The zero-order valence-corrected chi connectivity index (χ0v) is 16.6. The van der Waals surface area contributed by atoms with E-state index in [9.17, 15) is 9.59 Å². The van der Waals surface area contributed by atoms with Gasteiger partial charge in [-0.3, -0.25) is 9.59 Å². The molecule has 0 atom stereocenters. The number of hydrogen-bond acceptors (Lipinski definition) is 5. The highest BCUT2D eigenvalue weighted by Crippen LogP contribution is 2.41. The van der Waals surface area contributed by atoms with Crippen molar-refractivity contribution in [1.82, 2.24) is 0 Å². The molecular formula is C22H23NO5. The van der Waals surface area contributed by atoms with Gasteiger partial charge < -0.3 is 19.5 Å². The lowest BCUT2D eigenvalue weighted by atomic mass is 9.97. The third-order valence-electron chi connectivity index (χ3n) is 4.32. The van der Waals surface area contributed by atoms with Crippen LogP contribution in [0.1, 0.15) is 31.9 Å². The molecule has 1 N–H and O–H groups in total. The highest BCUT2D eigenvalue weighted by Gasteiger charge is 2.27. The molecule has 1 aliphatic rings. The Labute approximate surface area is 164 Å². The van der Waals surface area contributed by atoms with Gasteiger partial charge >= 0.3 is 5.97 Å². The molecule has 2 aromatic rings. The van der Waals surface area contributed by atoms with Crippen molar-refractivity contribution in [2.24, 2.45) is 5.41 Å². The van der Waals surface area contributed by atoms with Crippen LogP contribution in [-0.2, 0) is 9.59 Å². The van der Waals surface area contributed by atoms with Gasteiger partial charge in [0.25, 0.3) is 5.91 Å². The van der Waals surface area contributed by atoms with Crippen LogP contribution in [0.4, 0.5) is 5.69 Å². The Kier molecular flexibility index (Phi) is 5.14. The van der Waals surface area contributed by atoms with Crippen LogP contribution < -0.4 is 19.5 Å². The maximum absolute atomic E-state index is 12.4. The second-order valence-corrected chi connectivity index (χ2v) is 7.47. The summed E-state index contributed by atoms with van der Waals surface area (Å²) in [5.41, 5.74) is 2.17. The van der Waals surface area contributed by atoms with Crippen molar-refractivity contribution in [3.8, 4) is 17.2 Å². The number of carbonyl (C=O) groups excluding carboxylic acids is 2. The minimum Gasteiger partial charge on any atom is -0.493 e. The first-order valence-corrected chi connectivity index (χ1v) is 8.84. The summed E-state index contributed by atoms with van der Waals surface area (Å²) in [5, 5.41) is 2.84. The maximum Gasteiger partial charge on any atom is 0.316 e. The SMILES string of the molecule is COc1cc2c(cc1OC)/C(=C/c1ccc(OC(=O)C(C)(C)C)cc1)C(=O)N2. The fourth-order valence-corrected chi connectivity index (χ4v) is 2.72. The molecule has 0 bridgehead atoms. The average Bonchev–Trinajstić information content (AvgIpc) is 2.95. The number of rotatable bonds is 4. The van der Waals surface area contributed by atoms with E-state index in [2.05, 4.69) is 5.32 Å². The molecule has 0 unspecified atom stereocenters. The third kappa shape index (κ3) is 3.86. The summed E-state index contributed by atoms with van der Waals surface area (Å²) in [4.78, 5) is 24.4. The van der Waals surface area contributed by atoms with E-state index in [1.165, 1.54) is 0 Å². The summed E-state index contributed by atoms with van der Waals surface area (Å²) in [6.45, 7) is 5.40. The predicted molar refractivity (Wildman–Crippen MR) is 108 cm³/mol. The number of fused-ring (bicyclic) bond motifs is 1. The minimum atomic E-state index is -0.577. The molecule has 0 saturated heterocycles.